The van der Waals surface area contributed by atoms with Crippen molar-refractivity contribution < 1.29 is 31.1 Å². The van der Waals surface area contributed by atoms with Gasteiger partial charge in [0.1, 0.15) is 0 Å². The summed E-state index contributed by atoms with van der Waals surface area (Å²) in [4.78, 5) is 12.3. The quantitative estimate of drug-likeness (QED) is 0.700. The van der Waals surface area contributed by atoms with Gasteiger partial charge in [-0.3, -0.25) is 4.79 Å². The molecule has 0 saturated carbocycles. The third kappa shape index (κ3) is 5.72. The van der Waals surface area contributed by atoms with E-state index in [0.717, 1.165) is 18.2 Å². The third-order valence-electron chi connectivity index (χ3n) is 4.72. The molecule has 10 heteroatoms. The van der Waals surface area contributed by atoms with Crippen molar-refractivity contribution in [2.75, 3.05) is 31.6 Å². The molecule has 166 valence electrons. The van der Waals surface area contributed by atoms with Crippen molar-refractivity contribution in [3.8, 4) is 0 Å². The molecule has 2 aromatic carbocycles. The van der Waals surface area contributed by atoms with Crippen LogP contribution in [-0.2, 0) is 25.7 Å². The van der Waals surface area contributed by atoms with E-state index in [4.69, 9.17) is 4.74 Å². The van der Waals surface area contributed by atoms with Gasteiger partial charge >= 0.3 is 6.18 Å². The fourth-order valence-corrected chi connectivity index (χ4v) is 4.43. The number of amides is 1. The Morgan fingerprint density at radius 2 is 1.84 bits per heavy atom. The lowest BCUT2D eigenvalue weighted by Gasteiger charge is -2.26. The molecule has 0 spiro atoms. The summed E-state index contributed by atoms with van der Waals surface area (Å²) >= 11 is 0. The van der Waals surface area contributed by atoms with Gasteiger partial charge in [-0.25, -0.2) is 8.42 Å². The monoisotopic (exact) mass is 454 g/mol. The Morgan fingerprint density at radius 3 is 2.52 bits per heavy atom. The molecule has 1 heterocycles. The van der Waals surface area contributed by atoms with Crippen molar-refractivity contribution in [2.24, 2.45) is 0 Å². The number of nitrogens with one attached hydrogen (secondary N) is 1. The predicted octanol–water partition coefficient (Wildman–Crippen LogP) is 3.69. The fourth-order valence-electron chi connectivity index (χ4n) is 3.00. The Balaban J connectivity index is 1.76. The van der Waals surface area contributed by atoms with Crippen molar-refractivity contribution in [3.05, 3.63) is 65.2 Å². The molecule has 1 fully saturated rings. The van der Waals surface area contributed by atoms with E-state index in [1.807, 2.05) is 0 Å². The molecule has 0 radical (unpaired) electrons. The number of ether oxygens (including phenoxy) is 1. The number of halogens is 3. The molecule has 0 unspecified atom stereocenters. The Hall–Kier alpha value is -2.69. The van der Waals surface area contributed by atoms with Gasteiger partial charge in [0.05, 0.1) is 23.7 Å². The smallest absolute Gasteiger partial charge is 0.379 e. The van der Waals surface area contributed by atoms with Gasteiger partial charge in [-0.15, -0.1) is 0 Å². The van der Waals surface area contributed by atoms with Gasteiger partial charge in [0, 0.05) is 24.9 Å². The summed E-state index contributed by atoms with van der Waals surface area (Å²) in [5, 5.41) is 2.59. The minimum absolute atomic E-state index is 0.0390. The number of alkyl halides is 3. The highest BCUT2D eigenvalue weighted by Crippen LogP contribution is 2.30. The molecule has 0 atom stereocenters. The highest BCUT2D eigenvalue weighted by Gasteiger charge is 2.30. The van der Waals surface area contributed by atoms with Crippen LogP contribution in [0.1, 0.15) is 16.7 Å². The first-order valence-corrected chi connectivity index (χ1v) is 10.9. The van der Waals surface area contributed by atoms with E-state index in [1.54, 1.807) is 13.0 Å². The molecule has 31 heavy (non-hydrogen) atoms. The number of aryl methyl sites for hydroxylation is 1. The number of hydrogen-bond acceptors (Lipinski definition) is 4. The van der Waals surface area contributed by atoms with Crippen molar-refractivity contribution >= 4 is 27.7 Å². The van der Waals surface area contributed by atoms with Crippen LogP contribution in [0, 0.1) is 6.92 Å². The molecular weight excluding hydrogens is 433 g/mol. The number of hydrogen-bond donors (Lipinski definition) is 1. The van der Waals surface area contributed by atoms with Crippen LogP contribution in [0.25, 0.3) is 6.08 Å². The lowest BCUT2D eigenvalue weighted by Crippen LogP contribution is -2.40. The second kappa shape index (κ2) is 9.21. The zero-order chi connectivity index (χ0) is 22.6. The van der Waals surface area contributed by atoms with Gasteiger partial charge in [0.2, 0.25) is 15.9 Å². The number of benzene rings is 2. The zero-order valence-corrected chi connectivity index (χ0v) is 17.5. The van der Waals surface area contributed by atoms with Crippen LogP contribution in [0.3, 0.4) is 0 Å². The first-order chi connectivity index (χ1) is 14.6. The first kappa shape index (κ1) is 23.0. The van der Waals surface area contributed by atoms with Crippen molar-refractivity contribution in [1.29, 1.82) is 0 Å². The fraction of sp³-hybridized carbons (Fsp3) is 0.286. The molecule has 1 aliphatic rings. The Morgan fingerprint density at radius 1 is 1.13 bits per heavy atom. The summed E-state index contributed by atoms with van der Waals surface area (Å²) in [5.41, 5.74) is 0.340. The zero-order valence-electron chi connectivity index (χ0n) is 16.6. The average molecular weight is 454 g/mol. The Bertz CT molecular complexity index is 1090. The van der Waals surface area contributed by atoms with Crippen LogP contribution < -0.4 is 5.32 Å². The minimum atomic E-state index is -4.48. The van der Waals surface area contributed by atoms with E-state index in [1.165, 1.54) is 34.6 Å². The average Bonchev–Trinajstić information content (AvgIpc) is 2.74. The first-order valence-electron chi connectivity index (χ1n) is 9.42. The van der Waals surface area contributed by atoms with E-state index >= 15 is 0 Å². The van der Waals surface area contributed by atoms with Gasteiger partial charge < -0.3 is 10.1 Å². The lowest BCUT2D eigenvalue weighted by molar-refractivity contribution is -0.137. The second-order valence-electron chi connectivity index (χ2n) is 6.94. The molecule has 1 N–H and O–H groups in total. The predicted molar refractivity (Wildman–Crippen MR) is 110 cm³/mol. The SMILES string of the molecule is Cc1ccc(S(=O)(=O)N2CCOCC2)cc1NC(=O)/C=C/c1cccc(C(F)(F)F)c1. The van der Waals surface area contributed by atoms with Gasteiger partial charge in [-0.05, 0) is 48.4 Å². The molecule has 1 amide bonds. The van der Waals surface area contributed by atoms with Crippen LogP contribution in [0.2, 0.25) is 0 Å². The molecule has 0 aromatic heterocycles. The molecule has 3 rings (SSSR count). The number of rotatable bonds is 5. The standard InChI is InChI=1S/C21H21F3N2O4S/c1-15-5-7-18(31(28,29)26-9-11-30-12-10-26)14-19(15)25-20(27)8-6-16-3-2-4-17(13-16)21(22,23)24/h2-8,13-14H,9-12H2,1H3,(H,25,27)/b8-6+. The summed E-state index contributed by atoms with van der Waals surface area (Å²) in [6.45, 7) is 2.83. The number of carbonyl (C=O) groups excluding carboxylic acids is 1. The van der Waals surface area contributed by atoms with E-state index in [2.05, 4.69) is 5.32 Å². The summed E-state index contributed by atoms with van der Waals surface area (Å²) in [7, 11) is -3.73. The van der Waals surface area contributed by atoms with Gasteiger partial charge in [-0.1, -0.05) is 18.2 Å². The van der Waals surface area contributed by atoms with E-state index in [9.17, 15) is 26.4 Å². The maximum atomic E-state index is 12.8. The van der Waals surface area contributed by atoms with Crippen LogP contribution in [-0.4, -0.2) is 44.9 Å². The third-order valence-corrected chi connectivity index (χ3v) is 6.61. The molecule has 1 aliphatic heterocycles. The van der Waals surface area contributed by atoms with E-state index in [-0.39, 0.29) is 23.5 Å². The van der Waals surface area contributed by atoms with E-state index < -0.39 is 27.7 Å². The van der Waals surface area contributed by atoms with Gasteiger partial charge in [-0.2, -0.15) is 17.5 Å². The highest BCUT2D eigenvalue weighted by atomic mass is 32.2. The van der Waals surface area contributed by atoms with Crippen molar-refractivity contribution in [2.45, 2.75) is 18.0 Å². The maximum Gasteiger partial charge on any atom is 0.416 e. The summed E-state index contributed by atoms with van der Waals surface area (Å²) in [6.07, 6.45) is -2.12. The van der Waals surface area contributed by atoms with Gasteiger partial charge in [0.25, 0.3) is 0 Å². The molecular formula is C21H21F3N2O4S. The Labute approximate surface area is 178 Å². The number of nitrogens with zero attached hydrogens (tertiary/aromatic N) is 1. The summed E-state index contributed by atoms with van der Waals surface area (Å²) < 4.78 is 70.5. The summed E-state index contributed by atoms with van der Waals surface area (Å²) in [5.74, 6) is -0.596. The largest absolute Gasteiger partial charge is 0.416 e. The molecule has 6 nitrogen and oxygen atoms in total. The van der Waals surface area contributed by atoms with Crippen molar-refractivity contribution in [1.82, 2.24) is 4.31 Å². The van der Waals surface area contributed by atoms with Crippen molar-refractivity contribution in [3.63, 3.8) is 0 Å². The topological polar surface area (TPSA) is 75.7 Å². The van der Waals surface area contributed by atoms with Crippen LogP contribution >= 0.6 is 0 Å². The van der Waals surface area contributed by atoms with Crippen LogP contribution in [0.4, 0.5) is 18.9 Å². The normalized spacial score (nSPS) is 15.9. The number of sulfonamides is 1. The Kier molecular flexibility index (Phi) is 6.83. The molecule has 1 saturated heterocycles. The molecule has 2 aromatic rings. The number of anilines is 1. The van der Waals surface area contributed by atoms with Crippen LogP contribution in [0.5, 0.6) is 0 Å². The minimum Gasteiger partial charge on any atom is -0.379 e. The van der Waals surface area contributed by atoms with Gasteiger partial charge in [0.15, 0.2) is 0 Å². The number of carbonyl (C=O) groups is 1. The lowest BCUT2D eigenvalue weighted by atomic mass is 10.1. The number of morpholine rings is 1. The molecule has 0 bridgehead atoms. The highest BCUT2D eigenvalue weighted by molar-refractivity contribution is 7.89. The maximum absolute atomic E-state index is 12.8. The van der Waals surface area contributed by atoms with E-state index in [0.29, 0.717) is 24.5 Å². The second-order valence-corrected chi connectivity index (χ2v) is 8.88. The summed E-state index contributed by atoms with van der Waals surface area (Å²) in [6, 6.07) is 9.00. The van der Waals surface area contributed by atoms with Crippen LogP contribution in [0.15, 0.2) is 53.4 Å². The molecule has 0 aliphatic carbocycles.